The van der Waals surface area contributed by atoms with E-state index in [-0.39, 0.29) is 37.0 Å². The van der Waals surface area contributed by atoms with Crippen molar-refractivity contribution >= 4 is 31.8 Å². The number of nitrogens with zero attached hydrogens (tertiary/aromatic N) is 4. The van der Waals surface area contributed by atoms with E-state index in [1.54, 1.807) is 12.4 Å². The van der Waals surface area contributed by atoms with Crippen molar-refractivity contribution in [2.24, 2.45) is 11.8 Å². The number of pyridine rings is 1. The van der Waals surface area contributed by atoms with Crippen LogP contribution in [0.1, 0.15) is 50.1 Å². The number of H-pyrrole nitrogens is 1. The standard InChI is InChI=1S/C22H26F3N5O2S/c23-22(24,25)17-2-1-9-30(12-17)33(31,32)13-14-3-5-15(6-4-14)20-19-16(11-28-29-20)10-27-21-18(19)7-8-26-21/h7-8,10-11,14-15,17H,1-6,9,12-13H2,(H,26,27). The van der Waals surface area contributed by atoms with Gasteiger partial charge in [-0.1, -0.05) is 0 Å². The molecule has 7 nitrogen and oxygen atoms in total. The zero-order valence-electron chi connectivity index (χ0n) is 18.1. The predicted molar refractivity (Wildman–Crippen MR) is 118 cm³/mol. The highest BCUT2D eigenvalue weighted by atomic mass is 32.2. The number of hydrogen-bond donors (Lipinski definition) is 1. The van der Waals surface area contributed by atoms with Gasteiger partial charge in [0.05, 0.1) is 23.6 Å². The van der Waals surface area contributed by atoms with Crippen molar-refractivity contribution in [3.05, 3.63) is 30.4 Å². The van der Waals surface area contributed by atoms with Crippen LogP contribution in [0.2, 0.25) is 0 Å². The van der Waals surface area contributed by atoms with E-state index >= 15 is 0 Å². The summed E-state index contributed by atoms with van der Waals surface area (Å²) in [6, 6.07) is 1.97. The molecule has 3 aromatic heterocycles. The average molecular weight is 482 g/mol. The largest absolute Gasteiger partial charge is 0.393 e. The zero-order valence-corrected chi connectivity index (χ0v) is 18.9. The van der Waals surface area contributed by atoms with E-state index < -0.39 is 28.7 Å². The van der Waals surface area contributed by atoms with Crippen LogP contribution in [0.4, 0.5) is 13.2 Å². The van der Waals surface area contributed by atoms with Gasteiger partial charge in [0.15, 0.2) is 0 Å². The lowest BCUT2D eigenvalue weighted by Gasteiger charge is -2.35. The van der Waals surface area contributed by atoms with Crippen LogP contribution in [0.3, 0.4) is 0 Å². The number of halogens is 3. The number of nitrogens with one attached hydrogen (secondary N) is 1. The molecule has 33 heavy (non-hydrogen) atoms. The normalized spacial score (nSPS) is 25.6. The van der Waals surface area contributed by atoms with E-state index in [4.69, 9.17) is 0 Å². The summed E-state index contributed by atoms with van der Waals surface area (Å²) in [6.07, 6.45) is 4.13. The Kier molecular flexibility index (Phi) is 5.80. The molecule has 3 aromatic rings. The van der Waals surface area contributed by atoms with E-state index in [0.717, 1.165) is 44.6 Å². The summed E-state index contributed by atoms with van der Waals surface area (Å²) in [5, 5.41) is 11.5. The molecule has 1 saturated heterocycles. The quantitative estimate of drug-likeness (QED) is 0.597. The molecule has 0 spiro atoms. The molecule has 1 aliphatic carbocycles. The third-order valence-corrected chi connectivity index (χ3v) is 9.17. The smallest absolute Gasteiger partial charge is 0.346 e. The Hall–Kier alpha value is -2.27. The first kappa shape index (κ1) is 22.5. The van der Waals surface area contributed by atoms with E-state index in [2.05, 4.69) is 20.2 Å². The van der Waals surface area contributed by atoms with Crippen LogP contribution >= 0.6 is 0 Å². The van der Waals surface area contributed by atoms with E-state index in [0.29, 0.717) is 12.8 Å². The molecule has 4 heterocycles. The minimum absolute atomic E-state index is 0.00335. The molecule has 1 saturated carbocycles. The Morgan fingerprint density at radius 1 is 1.12 bits per heavy atom. The molecule has 2 aliphatic rings. The van der Waals surface area contributed by atoms with Crippen molar-refractivity contribution in [1.82, 2.24) is 24.5 Å². The first-order valence-corrected chi connectivity index (χ1v) is 12.9. The van der Waals surface area contributed by atoms with Gasteiger partial charge >= 0.3 is 6.18 Å². The minimum atomic E-state index is -4.36. The number of piperidine rings is 1. The molecular formula is C22H26F3N5O2S. The maximum Gasteiger partial charge on any atom is 0.393 e. The Bertz CT molecular complexity index is 1250. The zero-order chi connectivity index (χ0) is 23.2. The summed E-state index contributed by atoms with van der Waals surface area (Å²) in [6.45, 7) is -0.274. The number of rotatable bonds is 4. The van der Waals surface area contributed by atoms with Gasteiger partial charge in [-0.3, -0.25) is 0 Å². The predicted octanol–water partition coefficient (Wildman–Crippen LogP) is 4.38. The summed E-state index contributed by atoms with van der Waals surface area (Å²) < 4.78 is 66.2. The molecule has 1 aliphatic heterocycles. The lowest BCUT2D eigenvalue weighted by atomic mass is 9.80. The number of sulfonamides is 1. The van der Waals surface area contributed by atoms with Gasteiger partial charge < -0.3 is 4.98 Å². The van der Waals surface area contributed by atoms with Crippen molar-refractivity contribution in [2.75, 3.05) is 18.8 Å². The van der Waals surface area contributed by atoms with Crippen molar-refractivity contribution in [1.29, 1.82) is 0 Å². The van der Waals surface area contributed by atoms with Gasteiger partial charge in [-0.15, -0.1) is 0 Å². The van der Waals surface area contributed by atoms with Crippen LogP contribution in [0.25, 0.3) is 21.8 Å². The minimum Gasteiger partial charge on any atom is -0.346 e. The first-order valence-electron chi connectivity index (χ1n) is 11.3. The monoisotopic (exact) mass is 481 g/mol. The van der Waals surface area contributed by atoms with Crippen molar-refractivity contribution in [3.8, 4) is 0 Å². The fourth-order valence-electron chi connectivity index (χ4n) is 5.36. The van der Waals surface area contributed by atoms with Gasteiger partial charge in [-0.25, -0.2) is 17.7 Å². The second-order valence-corrected chi connectivity index (χ2v) is 11.3. The Balaban J connectivity index is 1.28. The molecule has 178 valence electrons. The summed E-state index contributed by atoms with van der Waals surface area (Å²) >= 11 is 0. The van der Waals surface area contributed by atoms with Crippen LogP contribution in [0, 0.1) is 11.8 Å². The first-order chi connectivity index (χ1) is 15.7. The fraction of sp³-hybridized carbons (Fsp3) is 0.591. The number of aromatic nitrogens is 4. The Labute approximate surface area is 189 Å². The van der Waals surface area contributed by atoms with Gasteiger partial charge in [-0.2, -0.15) is 23.4 Å². The highest BCUT2D eigenvalue weighted by Gasteiger charge is 2.44. The topological polar surface area (TPSA) is 91.8 Å². The van der Waals surface area contributed by atoms with Crippen LogP contribution in [-0.2, 0) is 10.0 Å². The van der Waals surface area contributed by atoms with Crippen molar-refractivity contribution in [2.45, 2.75) is 50.6 Å². The highest BCUT2D eigenvalue weighted by Crippen LogP contribution is 2.40. The van der Waals surface area contributed by atoms with E-state index in [1.165, 1.54) is 0 Å². The summed E-state index contributed by atoms with van der Waals surface area (Å²) in [5.74, 6) is -1.56. The molecule has 0 bridgehead atoms. The van der Waals surface area contributed by atoms with Crippen molar-refractivity contribution in [3.63, 3.8) is 0 Å². The highest BCUT2D eigenvalue weighted by molar-refractivity contribution is 7.89. The van der Waals surface area contributed by atoms with Crippen LogP contribution < -0.4 is 0 Å². The van der Waals surface area contributed by atoms with Crippen molar-refractivity contribution < 1.29 is 21.6 Å². The molecule has 0 radical (unpaired) electrons. The molecule has 1 atom stereocenters. The van der Waals surface area contributed by atoms with Crippen LogP contribution in [-0.4, -0.2) is 57.9 Å². The Morgan fingerprint density at radius 3 is 2.67 bits per heavy atom. The van der Waals surface area contributed by atoms with Gasteiger partial charge in [0.25, 0.3) is 0 Å². The second kappa shape index (κ2) is 8.50. The molecule has 11 heteroatoms. The lowest BCUT2D eigenvalue weighted by Crippen LogP contribution is -2.46. The number of fused-ring (bicyclic) bond motifs is 3. The average Bonchev–Trinajstić information content (AvgIpc) is 3.28. The maximum absolute atomic E-state index is 13.1. The van der Waals surface area contributed by atoms with E-state index in [9.17, 15) is 21.6 Å². The van der Waals surface area contributed by atoms with Gasteiger partial charge in [-0.05, 0) is 50.5 Å². The van der Waals surface area contributed by atoms with Gasteiger partial charge in [0.2, 0.25) is 10.0 Å². The summed E-state index contributed by atoms with van der Waals surface area (Å²) in [7, 11) is -3.72. The molecule has 1 unspecified atom stereocenters. The molecule has 5 rings (SSSR count). The van der Waals surface area contributed by atoms with Crippen LogP contribution in [0.5, 0.6) is 0 Å². The maximum atomic E-state index is 13.1. The molecule has 0 amide bonds. The van der Waals surface area contributed by atoms with Crippen LogP contribution in [0.15, 0.2) is 24.7 Å². The SMILES string of the molecule is O=S(=O)(CC1CCC(c2nncc3cnc4[nH]ccc4c23)CC1)N1CCCC(C(F)(F)F)C1. The molecule has 2 fully saturated rings. The third kappa shape index (κ3) is 4.44. The lowest BCUT2D eigenvalue weighted by molar-refractivity contribution is -0.182. The summed E-state index contributed by atoms with van der Waals surface area (Å²) in [5.41, 5.74) is 1.69. The number of aromatic amines is 1. The molecular weight excluding hydrogens is 455 g/mol. The second-order valence-electron chi connectivity index (χ2n) is 9.29. The third-order valence-electron chi connectivity index (χ3n) is 7.15. The van der Waals surface area contributed by atoms with Gasteiger partial charge in [0, 0.05) is 47.6 Å². The fourth-order valence-corrected chi connectivity index (χ4v) is 7.32. The van der Waals surface area contributed by atoms with E-state index in [1.807, 2.05) is 12.3 Å². The molecule has 1 N–H and O–H groups in total. The number of alkyl halides is 3. The molecule has 0 aromatic carbocycles. The Morgan fingerprint density at radius 2 is 1.91 bits per heavy atom. The number of hydrogen-bond acceptors (Lipinski definition) is 5. The summed E-state index contributed by atoms with van der Waals surface area (Å²) in [4.78, 5) is 7.52. The van der Waals surface area contributed by atoms with Gasteiger partial charge in [0.1, 0.15) is 5.65 Å².